The first-order valence-electron chi connectivity index (χ1n) is 4.74. The average Bonchev–Trinajstić information content (AvgIpc) is 2.77. The van der Waals surface area contributed by atoms with Gasteiger partial charge in [0.1, 0.15) is 0 Å². The van der Waals surface area contributed by atoms with Gasteiger partial charge in [0.15, 0.2) is 0 Å². The van der Waals surface area contributed by atoms with Crippen molar-refractivity contribution in [3.8, 4) is 0 Å². The number of amides is 1. The minimum atomic E-state index is -0.0977. The molecule has 0 aliphatic carbocycles. The van der Waals surface area contributed by atoms with Gasteiger partial charge < -0.3 is 5.32 Å². The molecule has 0 unspecified atom stereocenters. The number of nitrogens with one attached hydrogen (secondary N) is 2. The zero-order valence-electron chi connectivity index (χ0n) is 8.30. The minimum absolute atomic E-state index is 0.000720. The number of benzene rings is 1. The molecule has 1 amide bonds. The Morgan fingerprint density at radius 2 is 2.44 bits per heavy atom. The molecule has 1 aromatic rings. The zero-order chi connectivity index (χ0) is 11.5. The SMILES string of the molecule is O=C(Nc1ccc(Cl)c(Br)c1)[C@@H]1CSCN1. The second-order valence-electron chi connectivity index (χ2n) is 3.39. The Kier molecular flexibility index (Phi) is 4.13. The van der Waals surface area contributed by atoms with E-state index >= 15 is 0 Å². The van der Waals surface area contributed by atoms with Crippen LogP contribution in [0.4, 0.5) is 5.69 Å². The first-order valence-corrected chi connectivity index (χ1v) is 7.06. The van der Waals surface area contributed by atoms with Crippen LogP contribution in [0.15, 0.2) is 22.7 Å². The molecule has 1 atom stereocenters. The van der Waals surface area contributed by atoms with E-state index in [1.165, 1.54) is 0 Å². The number of rotatable bonds is 2. The highest BCUT2D eigenvalue weighted by atomic mass is 79.9. The first kappa shape index (κ1) is 12.2. The van der Waals surface area contributed by atoms with E-state index in [4.69, 9.17) is 11.6 Å². The summed E-state index contributed by atoms with van der Waals surface area (Å²) in [6.07, 6.45) is 0. The third-order valence-electron chi connectivity index (χ3n) is 2.22. The van der Waals surface area contributed by atoms with Crippen LogP contribution in [0.5, 0.6) is 0 Å². The monoisotopic (exact) mass is 320 g/mol. The number of carbonyl (C=O) groups is 1. The summed E-state index contributed by atoms with van der Waals surface area (Å²) in [7, 11) is 0. The van der Waals surface area contributed by atoms with Crippen LogP contribution in [-0.2, 0) is 4.79 Å². The van der Waals surface area contributed by atoms with E-state index in [-0.39, 0.29) is 11.9 Å². The molecule has 3 nitrogen and oxygen atoms in total. The van der Waals surface area contributed by atoms with Crippen LogP contribution < -0.4 is 10.6 Å². The van der Waals surface area contributed by atoms with Gasteiger partial charge in [-0.05, 0) is 34.1 Å². The van der Waals surface area contributed by atoms with Crippen molar-refractivity contribution >= 4 is 50.9 Å². The highest BCUT2D eigenvalue weighted by molar-refractivity contribution is 9.10. The molecule has 0 spiro atoms. The average molecular weight is 322 g/mol. The number of anilines is 1. The summed E-state index contributed by atoms with van der Waals surface area (Å²) in [6.45, 7) is 0. The van der Waals surface area contributed by atoms with Gasteiger partial charge >= 0.3 is 0 Å². The maximum atomic E-state index is 11.8. The molecule has 1 aliphatic rings. The van der Waals surface area contributed by atoms with Crippen LogP contribution in [0.25, 0.3) is 0 Å². The van der Waals surface area contributed by atoms with Crippen molar-refractivity contribution in [1.29, 1.82) is 0 Å². The zero-order valence-corrected chi connectivity index (χ0v) is 11.5. The molecule has 2 rings (SSSR count). The van der Waals surface area contributed by atoms with Crippen molar-refractivity contribution in [2.24, 2.45) is 0 Å². The lowest BCUT2D eigenvalue weighted by atomic mass is 10.2. The van der Waals surface area contributed by atoms with Gasteiger partial charge in [0.25, 0.3) is 0 Å². The molecule has 0 aromatic heterocycles. The Hall–Kier alpha value is -0.230. The van der Waals surface area contributed by atoms with Gasteiger partial charge in [0.05, 0.1) is 11.1 Å². The van der Waals surface area contributed by atoms with Gasteiger partial charge in [-0.15, -0.1) is 11.8 Å². The number of thioether (sulfide) groups is 1. The largest absolute Gasteiger partial charge is 0.325 e. The Morgan fingerprint density at radius 3 is 3.06 bits per heavy atom. The number of carbonyl (C=O) groups excluding carboxylic acids is 1. The van der Waals surface area contributed by atoms with Crippen LogP contribution in [0.2, 0.25) is 5.02 Å². The molecule has 1 fully saturated rings. The summed E-state index contributed by atoms with van der Waals surface area (Å²) in [4.78, 5) is 11.8. The van der Waals surface area contributed by atoms with Gasteiger partial charge in [-0.3, -0.25) is 10.1 Å². The highest BCUT2D eigenvalue weighted by Crippen LogP contribution is 2.25. The standard InChI is InChI=1S/C10H10BrClN2OS/c11-7-3-6(1-2-8(7)12)14-10(15)9-4-16-5-13-9/h1-3,9,13H,4-5H2,(H,14,15)/t9-/m0/s1. The molecule has 1 heterocycles. The van der Waals surface area contributed by atoms with E-state index in [1.54, 1.807) is 30.0 Å². The summed E-state index contributed by atoms with van der Waals surface area (Å²) in [5.74, 6) is 1.66. The van der Waals surface area contributed by atoms with E-state index in [9.17, 15) is 4.79 Å². The first-order chi connectivity index (χ1) is 7.66. The molecule has 0 saturated carbocycles. The van der Waals surface area contributed by atoms with Crippen molar-refractivity contribution < 1.29 is 4.79 Å². The summed E-state index contributed by atoms with van der Waals surface area (Å²) in [5.41, 5.74) is 0.750. The van der Waals surface area contributed by atoms with E-state index in [2.05, 4.69) is 26.6 Å². The smallest absolute Gasteiger partial charge is 0.242 e. The summed E-state index contributed by atoms with van der Waals surface area (Å²) < 4.78 is 0.778. The topological polar surface area (TPSA) is 41.1 Å². The number of hydrogen-bond donors (Lipinski definition) is 2. The lowest BCUT2D eigenvalue weighted by molar-refractivity contribution is -0.117. The fraction of sp³-hybridized carbons (Fsp3) is 0.300. The second kappa shape index (κ2) is 5.40. The molecular weight excluding hydrogens is 312 g/mol. The molecule has 0 radical (unpaired) electrons. The Balaban J connectivity index is 2.02. The Morgan fingerprint density at radius 1 is 1.62 bits per heavy atom. The Bertz CT molecular complexity index is 410. The molecule has 6 heteroatoms. The van der Waals surface area contributed by atoms with Crippen molar-refractivity contribution in [3.63, 3.8) is 0 Å². The predicted octanol–water partition coefficient (Wildman–Crippen LogP) is 2.70. The van der Waals surface area contributed by atoms with Gasteiger partial charge in [-0.25, -0.2) is 0 Å². The predicted molar refractivity (Wildman–Crippen MR) is 72.0 cm³/mol. The Labute approximate surface area is 111 Å². The minimum Gasteiger partial charge on any atom is -0.325 e. The van der Waals surface area contributed by atoms with Crippen LogP contribution >= 0.6 is 39.3 Å². The highest BCUT2D eigenvalue weighted by Gasteiger charge is 2.22. The molecule has 1 aliphatic heterocycles. The van der Waals surface area contributed by atoms with E-state index in [0.29, 0.717) is 5.02 Å². The van der Waals surface area contributed by atoms with Crippen molar-refractivity contribution in [2.45, 2.75) is 6.04 Å². The van der Waals surface area contributed by atoms with E-state index in [0.717, 1.165) is 21.8 Å². The van der Waals surface area contributed by atoms with Crippen LogP contribution in [0, 0.1) is 0 Å². The summed E-state index contributed by atoms with van der Waals surface area (Å²) in [5, 5.41) is 6.60. The maximum absolute atomic E-state index is 11.8. The summed E-state index contributed by atoms with van der Waals surface area (Å²) in [6, 6.07) is 5.23. The second-order valence-corrected chi connectivity index (χ2v) is 5.68. The number of halogens is 2. The lowest BCUT2D eigenvalue weighted by Crippen LogP contribution is -2.37. The molecule has 16 heavy (non-hydrogen) atoms. The molecule has 1 saturated heterocycles. The maximum Gasteiger partial charge on any atom is 0.242 e. The molecule has 86 valence electrons. The van der Waals surface area contributed by atoms with Gasteiger partial charge in [0.2, 0.25) is 5.91 Å². The van der Waals surface area contributed by atoms with Crippen molar-refractivity contribution in [1.82, 2.24) is 5.32 Å². The quantitative estimate of drug-likeness (QED) is 0.880. The molecule has 2 N–H and O–H groups in total. The van der Waals surface area contributed by atoms with Crippen LogP contribution in [0.1, 0.15) is 0 Å². The van der Waals surface area contributed by atoms with Crippen molar-refractivity contribution in [3.05, 3.63) is 27.7 Å². The third-order valence-corrected chi connectivity index (χ3v) is 4.37. The van der Waals surface area contributed by atoms with Gasteiger partial charge in [-0.1, -0.05) is 11.6 Å². The van der Waals surface area contributed by atoms with Crippen LogP contribution in [-0.4, -0.2) is 23.6 Å². The van der Waals surface area contributed by atoms with E-state index in [1.807, 2.05) is 0 Å². The summed E-state index contributed by atoms with van der Waals surface area (Å²) >= 11 is 10.9. The molecular formula is C10H10BrClN2OS. The lowest BCUT2D eigenvalue weighted by Gasteiger charge is -2.10. The normalized spacial score (nSPS) is 19.8. The van der Waals surface area contributed by atoms with Gasteiger partial charge in [0, 0.05) is 21.8 Å². The van der Waals surface area contributed by atoms with Gasteiger partial charge in [-0.2, -0.15) is 0 Å². The van der Waals surface area contributed by atoms with Crippen LogP contribution in [0.3, 0.4) is 0 Å². The number of hydrogen-bond acceptors (Lipinski definition) is 3. The van der Waals surface area contributed by atoms with E-state index < -0.39 is 0 Å². The fourth-order valence-corrected chi connectivity index (χ4v) is 2.81. The fourth-order valence-electron chi connectivity index (χ4n) is 1.37. The van der Waals surface area contributed by atoms with Crippen molar-refractivity contribution in [2.75, 3.05) is 16.9 Å². The molecule has 0 bridgehead atoms. The third kappa shape index (κ3) is 2.91. The molecule has 1 aromatic carbocycles.